The number of nitrogens with zero attached hydrogens (tertiary/aromatic N) is 2. The number of aromatic nitrogens is 1. The van der Waals surface area contributed by atoms with E-state index in [0.29, 0.717) is 11.7 Å². The van der Waals surface area contributed by atoms with E-state index in [4.69, 9.17) is 0 Å². The number of carbonyl (C=O) groups is 1. The van der Waals surface area contributed by atoms with Gasteiger partial charge in [-0.1, -0.05) is 6.92 Å². The Balaban J connectivity index is 1.74. The van der Waals surface area contributed by atoms with Crippen molar-refractivity contribution in [2.75, 3.05) is 0 Å². The number of thiophene rings is 1. The second-order valence-electron chi connectivity index (χ2n) is 5.55. The average Bonchev–Trinajstić information content (AvgIpc) is 3.06. The number of hydrogen-bond donors (Lipinski definition) is 0. The van der Waals surface area contributed by atoms with Gasteiger partial charge in [0.25, 0.3) is 5.91 Å². The molecule has 0 saturated heterocycles. The van der Waals surface area contributed by atoms with Crippen molar-refractivity contribution in [2.24, 2.45) is 0 Å². The Morgan fingerprint density at radius 3 is 2.86 bits per heavy atom. The normalized spacial score (nSPS) is 14.4. The molecule has 21 heavy (non-hydrogen) atoms. The minimum Gasteiger partial charge on any atom is -0.329 e. The first-order valence-corrected chi connectivity index (χ1v) is 9.17. The van der Waals surface area contributed by atoms with Gasteiger partial charge in [-0.15, -0.1) is 22.7 Å². The molecule has 0 aromatic carbocycles. The molecule has 2 aromatic rings. The fourth-order valence-electron chi connectivity index (χ4n) is 2.38. The molecule has 1 aliphatic rings. The van der Waals surface area contributed by atoms with E-state index in [2.05, 4.69) is 31.0 Å². The molecule has 1 aliphatic carbocycles. The van der Waals surface area contributed by atoms with Gasteiger partial charge < -0.3 is 4.90 Å². The number of hydrogen-bond acceptors (Lipinski definition) is 4. The third kappa shape index (κ3) is 3.52. The van der Waals surface area contributed by atoms with E-state index >= 15 is 0 Å². The van der Waals surface area contributed by atoms with Crippen molar-refractivity contribution in [1.82, 2.24) is 9.88 Å². The van der Waals surface area contributed by atoms with Crippen LogP contribution in [0.15, 0.2) is 17.5 Å². The molecule has 0 atom stereocenters. The number of amides is 1. The summed E-state index contributed by atoms with van der Waals surface area (Å²) in [4.78, 5) is 21.8. The third-order valence-corrected chi connectivity index (χ3v) is 5.50. The molecule has 3 rings (SSSR count). The van der Waals surface area contributed by atoms with Crippen LogP contribution in [-0.4, -0.2) is 21.8 Å². The van der Waals surface area contributed by atoms with Crippen molar-refractivity contribution >= 4 is 28.6 Å². The first-order chi connectivity index (χ1) is 10.2. The summed E-state index contributed by atoms with van der Waals surface area (Å²) >= 11 is 3.38. The van der Waals surface area contributed by atoms with Crippen LogP contribution in [0.4, 0.5) is 0 Å². The Morgan fingerprint density at radius 2 is 2.24 bits per heavy atom. The maximum Gasteiger partial charge on any atom is 0.273 e. The largest absolute Gasteiger partial charge is 0.329 e. The van der Waals surface area contributed by atoms with Gasteiger partial charge in [0.15, 0.2) is 0 Å². The molecule has 0 aliphatic heterocycles. The molecular formula is C16H20N2OS2. The van der Waals surface area contributed by atoms with E-state index in [0.717, 1.165) is 37.2 Å². The van der Waals surface area contributed by atoms with Gasteiger partial charge in [0.2, 0.25) is 0 Å². The Kier molecular flexibility index (Phi) is 4.40. The third-order valence-electron chi connectivity index (χ3n) is 3.61. The molecule has 112 valence electrons. The van der Waals surface area contributed by atoms with Gasteiger partial charge >= 0.3 is 0 Å². The van der Waals surface area contributed by atoms with Crippen molar-refractivity contribution in [2.45, 2.75) is 52.1 Å². The van der Waals surface area contributed by atoms with Crippen molar-refractivity contribution in [3.8, 4) is 0 Å². The molecule has 3 nitrogen and oxygen atoms in total. The zero-order chi connectivity index (χ0) is 14.8. The van der Waals surface area contributed by atoms with Crippen LogP contribution >= 0.6 is 22.7 Å². The van der Waals surface area contributed by atoms with Crippen LogP contribution in [0.25, 0.3) is 0 Å². The topological polar surface area (TPSA) is 33.2 Å². The predicted molar refractivity (Wildman–Crippen MR) is 88.1 cm³/mol. The summed E-state index contributed by atoms with van der Waals surface area (Å²) in [6, 6.07) is 4.67. The predicted octanol–water partition coefficient (Wildman–Crippen LogP) is 4.27. The fraction of sp³-hybridized carbons (Fsp3) is 0.500. The number of thiazole rings is 1. The smallest absolute Gasteiger partial charge is 0.273 e. The minimum absolute atomic E-state index is 0.0992. The van der Waals surface area contributed by atoms with Crippen LogP contribution in [0.1, 0.15) is 51.4 Å². The van der Waals surface area contributed by atoms with E-state index in [1.807, 2.05) is 10.3 Å². The van der Waals surface area contributed by atoms with Gasteiger partial charge in [0.1, 0.15) is 5.69 Å². The highest BCUT2D eigenvalue weighted by Gasteiger charge is 2.34. The molecule has 1 amide bonds. The second-order valence-corrected chi connectivity index (χ2v) is 7.87. The van der Waals surface area contributed by atoms with Crippen LogP contribution in [-0.2, 0) is 13.0 Å². The molecule has 0 unspecified atom stereocenters. The summed E-state index contributed by atoms with van der Waals surface area (Å²) in [7, 11) is 0. The zero-order valence-electron chi connectivity index (χ0n) is 12.5. The maximum absolute atomic E-state index is 12.7. The molecular weight excluding hydrogens is 300 g/mol. The number of rotatable bonds is 6. The Morgan fingerprint density at radius 1 is 1.43 bits per heavy atom. The molecule has 0 radical (unpaired) electrons. The summed E-state index contributed by atoms with van der Waals surface area (Å²) in [5, 5.41) is 2.99. The van der Waals surface area contributed by atoms with E-state index in [1.165, 1.54) is 9.75 Å². The van der Waals surface area contributed by atoms with E-state index in [1.54, 1.807) is 22.7 Å². The number of aryl methyl sites for hydroxylation is 2. The van der Waals surface area contributed by atoms with E-state index in [9.17, 15) is 4.79 Å². The summed E-state index contributed by atoms with van der Waals surface area (Å²) in [5.74, 6) is 0.0992. The molecule has 2 heterocycles. The first kappa shape index (κ1) is 14.7. The average molecular weight is 320 g/mol. The molecule has 0 N–H and O–H groups in total. The van der Waals surface area contributed by atoms with Gasteiger partial charge in [0, 0.05) is 21.2 Å². The Bertz CT molecular complexity index is 628. The molecule has 0 spiro atoms. The zero-order valence-corrected chi connectivity index (χ0v) is 14.1. The van der Waals surface area contributed by atoms with Gasteiger partial charge in [-0.2, -0.15) is 0 Å². The number of carbonyl (C=O) groups excluding carboxylic acids is 1. The summed E-state index contributed by atoms with van der Waals surface area (Å²) in [6.45, 7) is 4.97. The first-order valence-electron chi connectivity index (χ1n) is 7.48. The highest BCUT2D eigenvalue weighted by atomic mass is 32.1. The van der Waals surface area contributed by atoms with E-state index < -0.39 is 0 Å². The van der Waals surface area contributed by atoms with Crippen molar-refractivity contribution < 1.29 is 4.79 Å². The lowest BCUT2D eigenvalue weighted by molar-refractivity contribution is 0.0726. The fourth-order valence-corrected chi connectivity index (χ4v) is 4.14. The highest BCUT2D eigenvalue weighted by molar-refractivity contribution is 7.11. The van der Waals surface area contributed by atoms with Gasteiger partial charge in [-0.3, -0.25) is 4.79 Å². The summed E-state index contributed by atoms with van der Waals surface area (Å²) in [6.07, 6.45) is 4.29. The Labute approximate surface area is 133 Å². The van der Waals surface area contributed by atoms with Crippen molar-refractivity contribution in [3.63, 3.8) is 0 Å². The molecule has 1 saturated carbocycles. The minimum atomic E-state index is 0.0992. The van der Waals surface area contributed by atoms with Crippen LogP contribution in [0.2, 0.25) is 0 Å². The SMILES string of the molecule is CCCc1nc(C(=O)N(Cc2ccc(C)s2)C2CC2)cs1. The Hall–Kier alpha value is -1.20. The summed E-state index contributed by atoms with van der Waals surface area (Å²) in [5.41, 5.74) is 0.628. The standard InChI is InChI=1S/C16H20N2OS2/c1-3-4-15-17-14(10-20-15)16(19)18(12-6-7-12)9-13-8-5-11(2)21-13/h5,8,10,12H,3-4,6-7,9H2,1-2H3. The van der Waals surface area contributed by atoms with Gasteiger partial charge in [-0.25, -0.2) is 4.98 Å². The van der Waals surface area contributed by atoms with Crippen LogP contribution in [0.5, 0.6) is 0 Å². The maximum atomic E-state index is 12.7. The monoisotopic (exact) mass is 320 g/mol. The molecule has 1 fully saturated rings. The van der Waals surface area contributed by atoms with Crippen LogP contribution in [0, 0.1) is 6.92 Å². The highest BCUT2D eigenvalue weighted by Crippen LogP contribution is 2.31. The quantitative estimate of drug-likeness (QED) is 0.796. The van der Waals surface area contributed by atoms with Crippen molar-refractivity contribution in [1.29, 1.82) is 0 Å². The molecule has 5 heteroatoms. The summed E-state index contributed by atoms with van der Waals surface area (Å²) < 4.78 is 0. The lowest BCUT2D eigenvalue weighted by Crippen LogP contribution is -2.32. The lowest BCUT2D eigenvalue weighted by atomic mass is 10.3. The van der Waals surface area contributed by atoms with Gasteiger partial charge in [-0.05, 0) is 44.7 Å². The van der Waals surface area contributed by atoms with Crippen LogP contribution < -0.4 is 0 Å². The second kappa shape index (κ2) is 6.28. The molecule has 0 bridgehead atoms. The van der Waals surface area contributed by atoms with E-state index in [-0.39, 0.29) is 5.91 Å². The van der Waals surface area contributed by atoms with Gasteiger partial charge in [0.05, 0.1) is 11.6 Å². The van der Waals surface area contributed by atoms with Crippen molar-refractivity contribution in [3.05, 3.63) is 38.0 Å². The van der Waals surface area contributed by atoms with Crippen LogP contribution in [0.3, 0.4) is 0 Å². The molecule has 2 aromatic heterocycles. The lowest BCUT2D eigenvalue weighted by Gasteiger charge is -2.20.